The molecule has 2 nitrogen and oxygen atoms in total. The van der Waals surface area contributed by atoms with Gasteiger partial charge < -0.3 is 5.32 Å². The monoisotopic (exact) mass is 182 g/mol. The van der Waals surface area contributed by atoms with Crippen LogP contribution in [0.4, 0.5) is 0 Å². The van der Waals surface area contributed by atoms with E-state index in [1.165, 1.54) is 11.4 Å². The van der Waals surface area contributed by atoms with E-state index < -0.39 is 0 Å². The summed E-state index contributed by atoms with van der Waals surface area (Å²) in [4.78, 5) is 4.41. The minimum absolute atomic E-state index is 0.473. The van der Waals surface area contributed by atoms with Crippen LogP contribution in [-0.4, -0.2) is 13.3 Å². The number of aliphatic imine (C=N–C) groups is 1. The molecule has 0 aromatic heterocycles. The molecule has 2 heteroatoms. The van der Waals surface area contributed by atoms with Crippen molar-refractivity contribution >= 4 is 6.21 Å². The number of nitrogens with zero attached hydrogens (tertiary/aromatic N) is 1. The summed E-state index contributed by atoms with van der Waals surface area (Å²) in [6.45, 7) is 10.7. The Kier molecular flexibility index (Phi) is 5.44. The number of hydrogen-bond donors (Lipinski definition) is 1. The lowest BCUT2D eigenvalue weighted by molar-refractivity contribution is 0.637. The Bertz CT molecular complexity index is 200. The molecule has 0 fully saturated rings. The van der Waals surface area contributed by atoms with E-state index in [-0.39, 0.29) is 0 Å². The quantitative estimate of drug-likeness (QED) is 0.664. The highest BCUT2D eigenvalue weighted by Gasteiger charge is 2.11. The molecule has 0 aliphatic rings. The highest BCUT2D eigenvalue weighted by atomic mass is 14.9. The lowest BCUT2D eigenvalue weighted by Gasteiger charge is -2.17. The fourth-order valence-corrected chi connectivity index (χ4v) is 1.38. The second-order valence-corrected chi connectivity index (χ2v) is 3.75. The Morgan fingerprint density at radius 2 is 1.69 bits per heavy atom. The summed E-state index contributed by atoms with van der Waals surface area (Å²) in [5.41, 5.74) is 2.41. The highest BCUT2D eigenvalue weighted by molar-refractivity contribution is 5.55. The van der Waals surface area contributed by atoms with Gasteiger partial charge in [-0.15, -0.1) is 0 Å². The maximum atomic E-state index is 4.41. The highest BCUT2D eigenvalue weighted by Crippen LogP contribution is 2.19. The summed E-state index contributed by atoms with van der Waals surface area (Å²) in [5, 5.41) is 3.23. The molecule has 0 aromatic carbocycles. The van der Waals surface area contributed by atoms with Crippen LogP contribution in [0.2, 0.25) is 0 Å². The first-order valence-corrected chi connectivity index (χ1v) is 4.95. The topological polar surface area (TPSA) is 24.4 Å². The van der Waals surface area contributed by atoms with Gasteiger partial charge in [-0.25, -0.2) is 0 Å². The van der Waals surface area contributed by atoms with Crippen LogP contribution >= 0.6 is 0 Å². The van der Waals surface area contributed by atoms with Crippen molar-refractivity contribution in [3.8, 4) is 0 Å². The van der Waals surface area contributed by atoms with Gasteiger partial charge in [0, 0.05) is 19.0 Å². The van der Waals surface area contributed by atoms with E-state index in [1.807, 2.05) is 20.2 Å². The first-order valence-electron chi connectivity index (χ1n) is 4.95. The zero-order valence-corrected chi connectivity index (χ0v) is 9.68. The van der Waals surface area contributed by atoms with E-state index in [2.05, 4.69) is 38.0 Å². The molecule has 13 heavy (non-hydrogen) atoms. The van der Waals surface area contributed by atoms with Gasteiger partial charge in [0.25, 0.3) is 0 Å². The van der Waals surface area contributed by atoms with Gasteiger partial charge in [-0.1, -0.05) is 27.7 Å². The zero-order valence-electron chi connectivity index (χ0n) is 9.68. The van der Waals surface area contributed by atoms with Gasteiger partial charge in [-0.3, -0.25) is 4.99 Å². The Hall–Kier alpha value is -0.790. The van der Waals surface area contributed by atoms with Gasteiger partial charge in [0.1, 0.15) is 0 Å². The SMILES string of the molecule is C/C=N\C(=C(/NC)C(C)C)C(C)C. The molecule has 0 atom stereocenters. The van der Waals surface area contributed by atoms with Gasteiger partial charge in [0.2, 0.25) is 0 Å². The molecule has 76 valence electrons. The van der Waals surface area contributed by atoms with E-state index in [0.717, 1.165) is 0 Å². The average molecular weight is 182 g/mol. The van der Waals surface area contributed by atoms with E-state index in [1.54, 1.807) is 0 Å². The molecule has 0 bridgehead atoms. The summed E-state index contributed by atoms with van der Waals surface area (Å²) in [6.07, 6.45) is 1.86. The molecule has 0 aliphatic carbocycles. The Labute approximate surface area is 82.1 Å². The van der Waals surface area contributed by atoms with Crippen molar-refractivity contribution < 1.29 is 0 Å². The average Bonchev–Trinajstić information content (AvgIpc) is 2.03. The molecule has 0 radical (unpaired) electrons. The Morgan fingerprint density at radius 3 is 1.92 bits per heavy atom. The lowest BCUT2D eigenvalue weighted by atomic mass is 10.0. The standard InChI is InChI=1S/C11H22N2/c1-7-13-11(9(4)5)10(12-6)8(2)3/h7-9,12H,1-6H3/b11-10-,13-7-. The Morgan fingerprint density at radius 1 is 1.15 bits per heavy atom. The van der Waals surface area contributed by atoms with Crippen LogP contribution in [0, 0.1) is 11.8 Å². The molecule has 0 aromatic rings. The fourth-order valence-electron chi connectivity index (χ4n) is 1.38. The van der Waals surface area contributed by atoms with Gasteiger partial charge in [-0.05, 0) is 18.8 Å². The number of nitrogens with one attached hydrogen (secondary N) is 1. The third-order valence-corrected chi connectivity index (χ3v) is 1.94. The van der Waals surface area contributed by atoms with Crippen LogP contribution in [0.5, 0.6) is 0 Å². The van der Waals surface area contributed by atoms with E-state index in [4.69, 9.17) is 0 Å². The molecule has 0 aliphatic heterocycles. The van der Waals surface area contributed by atoms with Crippen LogP contribution in [0.3, 0.4) is 0 Å². The minimum Gasteiger partial charge on any atom is -0.390 e. The first kappa shape index (κ1) is 12.2. The van der Waals surface area contributed by atoms with Gasteiger partial charge >= 0.3 is 0 Å². The second kappa shape index (κ2) is 5.79. The van der Waals surface area contributed by atoms with Gasteiger partial charge in [0.05, 0.1) is 5.70 Å². The zero-order chi connectivity index (χ0) is 10.4. The number of hydrogen-bond acceptors (Lipinski definition) is 2. The van der Waals surface area contributed by atoms with Crippen molar-refractivity contribution in [1.29, 1.82) is 0 Å². The molecule has 0 spiro atoms. The third kappa shape index (κ3) is 3.62. The van der Waals surface area contributed by atoms with Crippen molar-refractivity contribution in [2.24, 2.45) is 16.8 Å². The molecule has 0 saturated carbocycles. The predicted octanol–water partition coefficient (Wildman–Crippen LogP) is 2.82. The minimum atomic E-state index is 0.473. The van der Waals surface area contributed by atoms with Crippen molar-refractivity contribution in [3.05, 3.63) is 11.4 Å². The van der Waals surface area contributed by atoms with Crippen molar-refractivity contribution in [2.75, 3.05) is 7.05 Å². The number of rotatable bonds is 4. The van der Waals surface area contributed by atoms with Crippen LogP contribution in [0.1, 0.15) is 34.6 Å². The van der Waals surface area contributed by atoms with Gasteiger partial charge in [-0.2, -0.15) is 0 Å². The van der Waals surface area contributed by atoms with E-state index >= 15 is 0 Å². The fraction of sp³-hybridized carbons (Fsp3) is 0.727. The smallest absolute Gasteiger partial charge is 0.0616 e. The van der Waals surface area contributed by atoms with E-state index in [0.29, 0.717) is 11.8 Å². The summed E-state index contributed by atoms with van der Waals surface area (Å²) >= 11 is 0. The third-order valence-electron chi connectivity index (χ3n) is 1.94. The molecule has 0 unspecified atom stereocenters. The molecule has 0 amide bonds. The molecular weight excluding hydrogens is 160 g/mol. The number of allylic oxidation sites excluding steroid dienone is 2. The molecule has 1 N–H and O–H groups in total. The Balaban J connectivity index is 5.00. The largest absolute Gasteiger partial charge is 0.390 e. The second-order valence-electron chi connectivity index (χ2n) is 3.75. The van der Waals surface area contributed by atoms with Crippen LogP contribution in [0.15, 0.2) is 16.4 Å². The van der Waals surface area contributed by atoms with Crippen LogP contribution in [0.25, 0.3) is 0 Å². The maximum absolute atomic E-state index is 4.41. The summed E-state index contributed by atoms with van der Waals surface area (Å²) in [7, 11) is 1.96. The molecule has 0 rings (SSSR count). The first-order chi connectivity index (χ1) is 6.04. The van der Waals surface area contributed by atoms with E-state index in [9.17, 15) is 0 Å². The summed E-state index contributed by atoms with van der Waals surface area (Å²) < 4.78 is 0. The lowest BCUT2D eigenvalue weighted by Crippen LogP contribution is -2.16. The maximum Gasteiger partial charge on any atom is 0.0616 e. The summed E-state index contributed by atoms with van der Waals surface area (Å²) in [5.74, 6) is 0.979. The van der Waals surface area contributed by atoms with Crippen LogP contribution < -0.4 is 5.32 Å². The predicted molar refractivity (Wildman–Crippen MR) is 59.9 cm³/mol. The van der Waals surface area contributed by atoms with Gasteiger partial charge in [0.15, 0.2) is 0 Å². The van der Waals surface area contributed by atoms with Crippen molar-refractivity contribution in [3.63, 3.8) is 0 Å². The van der Waals surface area contributed by atoms with Crippen LogP contribution in [-0.2, 0) is 0 Å². The van der Waals surface area contributed by atoms with Crippen molar-refractivity contribution in [1.82, 2.24) is 5.32 Å². The summed E-state index contributed by atoms with van der Waals surface area (Å²) in [6, 6.07) is 0. The molecule has 0 saturated heterocycles. The molecular formula is C11H22N2. The normalized spacial score (nSPS) is 14.2. The van der Waals surface area contributed by atoms with Crippen molar-refractivity contribution in [2.45, 2.75) is 34.6 Å². The molecule has 0 heterocycles.